The molecule has 2 aromatic rings. The van der Waals surface area contributed by atoms with Gasteiger partial charge in [0.05, 0.1) is 0 Å². The van der Waals surface area contributed by atoms with Crippen molar-refractivity contribution in [3.05, 3.63) is 29.3 Å². The summed E-state index contributed by atoms with van der Waals surface area (Å²) in [5, 5.41) is 20.3. The van der Waals surface area contributed by atoms with Gasteiger partial charge in [0.15, 0.2) is 5.76 Å². The van der Waals surface area contributed by atoms with Crippen molar-refractivity contribution in [2.24, 2.45) is 0 Å². The molecule has 0 radical (unpaired) electrons. The van der Waals surface area contributed by atoms with Crippen LogP contribution in [0.1, 0.15) is 13.3 Å². The van der Waals surface area contributed by atoms with E-state index in [0.717, 1.165) is 12.2 Å². The summed E-state index contributed by atoms with van der Waals surface area (Å²) in [6.07, 6.45) is 0.995. The van der Waals surface area contributed by atoms with E-state index in [4.69, 9.17) is 16.0 Å². The van der Waals surface area contributed by atoms with Crippen molar-refractivity contribution < 1.29 is 14.6 Å². The second-order valence-electron chi connectivity index (χ2n) is 3.91. The van der Waals surface area contributed by atoms with Crippen LogP contribution in [0, 0.1) is 0 Å². The molecule has 0 aliphatic heterocycles. The molecular formula is C13H14ClNO3S. The van der Waals surface area contributed by atoms with Crippen molar-refractivity contribution in [2.75, 3.05) is 10.5 Å². The first-order chi connectivity index (χ1) is 9.13. The minimum absolute atomic E-state index is 0.154. The fourth-order valence-electron chi connectivity index (χ4n) is 1.50. The van der Waals surface area contributed by atoms with E-state index in [0.29, 0.717) is 10.6 Å². The molecule has 0 aliphatic carbocycles. The highest BCUT2D eigenvalue weighted by Gasteiger charge is 2.20. The smallest absolute Gasteiger partial charge is 0.250 e. The van der Waals surface area contributed by atoms with Crippen LogP contribution in [-0.2, 0) is 0 Å². The first-order valence-corrected chi connectivity index (χ1v) is 7.18. The lowest BCUT2D eigenvalue weighted by Crippen LogP contribution is -1.86. The third-order valence-electron chi connectivity index (χ3n) is 2.44. The van der Waals surface area contributed by atoms with Gasteiger partial charge in [0, 0.05) is 16.3 Å². The lowest BCUT2D eigenvalue weighted by Gasteiger charge is -2.00. The Hall–Kier alpha value is -1.46. The Balaban J connectivity index is 2.26. The van der Waals surface area contributed by atoms with Crippen LogP contribution in [0.25, 0.3) is 11.3 Å². The average Bonchev–Trinajstić information content (AvgIpc) is 2.69. The number of benzene rings is 1. The molecule has 0 aliphatic rings. The van der Waals surface area contributed by atoms with Gasteiger partial charge < -0.3 is 14.6 Å². The standard InChI is InChI=1S/C13H14ClNO3S/c1-2-7-19-15-13-11(17)10(16)12(18-13)8-3-5-9(14)6-4-8/h3-6,15-17H,2,7H2,1H3. The first kappa shape index (κ1) is 14.0. The maximum Gasteiger partial charge on any atom is 0.250 e. The molecule has 3 N–H and O–H groups in total. The Labute approximate surface area is 120 Å². The molecule has 6 heteroatoms. The Morgan fingerprint density at radius 3 is 2.53 bits per heavy atom. The molecule has 0 fully saturated rings. The molecule has 0 spiro atoms. The molecule has 0 bridgehead atoms. The highest BCUT2D eigenvalue weighted by molar-refractivity contribution is 8.00. The Morgan fingerprint density at radius 2 is 1.89 bits per heavy atom. The minimum Gasteiger partial charge on any atom is -0.502 e. The summed E-state index contributed by atoms with van der Waals surface area (Å²) in [6.45, 7) is 2.05. The van der Waals surface area contributed by atoms with Crippen LogP contribution in [0.15, 0.2) is 28.7 Å². The predicted octanol–water partition coefficient (Wildman–Crippen LogP) is 4.48. The molecule has 0 atom stereocenters. The average molecular weight is 300 g/mol. The van der Waals surface area contributed by atoms with Gasteiger partial charge in [0.25, 0.3) is 0 Å². The van der Waals surface area contributed by atoms with Gasteiger partial charge in [-0.25, -0.2) is 0 Å². The largest absolute Gasteiger partial charge is 0.502 e. The number of anilines is 1. The van der Waals surface area contributed by atoms with E-state index in [9.17, 15) is 10.2 Å². The maximum absolute atomic E-state index is 9.87. The summed E-state index contributed by atoms with van der Waals surface area (Å²) in [7, 11) is 0. The molecule has 19 heavy (non-hydrogen) atoms. The van der Waals surface area contributed by atoms with Crippen molar-refractivity contribution in [1.82, 2.24) is 0 Å². The predicted molar refractivity (Wildman–Crippen MR) is 78.9 cm³/mol. The van der Waals surface area contributed by atoms with Gasteiger partial charge >= 0.3 is 0 Å². The molecule has 0 saturated carbocycles. The topological polar surface area (TPSA) is 65.6 Å². The van der Waals surface area contributed by atoms with Crippen molar-refractivity contribution in [1.29, 1.82) is 0 Å². The van der Waals surface area contributed by atoms with Crippen molar-refractivity contribution in [3.8, 4) is 22.8 Å². The fourth-order valence-corrected chi connectivity index (χ4v) is 2.20. The van der Waals surface area contributed by atoms with Crippen LogP contribution in [0.4, 0.5) is 5.88 Å². The van der Waals surface area contributed by atoms with Crippen LogP contribution in [-0.4, -0.2) is 16.0 Å². The summed E-state index contributed by atoms with van der Waals surface area (Å²) in [5.74, 6) is 0.683. The lowest BCUT2D eigenvalue weighted by molar-refractivity contribution is 0.410. The number of aromatic hydroxyl groups is 2. The number of hydrogen-bond donors (Lipinski definition) is 3. The minimum atomic E-state index is -0.284. The quantitative estimate of drug-likeness (QED) is 0.561. The van der Waals surface area contributed by atoms with Gasteiger partial charge in [-0.2, -0.15) is 0 Å². The van der Waals surface area contributed by atoms with Gasteiger partial charge in [-0.15, -0.1) is 0 Å². The molecule has 1 aromatic carbocycles. The van der Waals surface area contributed by atoms with E-state index in [2.05, 4.69) is 4.72 Å². The third-order valence-corrected chi connectivity index (χ3v) is 3.63. The van der Waals surface area contributed by atoms with E-state index < -0.39 is 0 Å². The van der Waals surface area contributed by atoms with Gasteiger partial charge in [0.1, 0.15) is 0 Å². The highest BCUT2D eigenvalue weighted by Crippen LogP contribution is 2.45. The fraction of sp³-hybridized carbons (Fsp3) is 0.231. The van der Waals surface area contributed by atoms with E-state index in [1.165, 1.54) is 11.9 Å². The summed E-state index contributed by atoms with van der Waals surface area (Å²) in [4.78, 5) is 0. The van der Waals surface area contributed by atoms with Crippen molar-refractivity contribution in [2.45, 2.75) is 13.3 Å². The Bertz CT molecular complexity index is 554. The molecule has 0 saturated heterocycles. The van der Waals surface area contributed by atoms with E-state index in [1.807, 2.05) is 6.92 Å². The molecule has 0 amide bonds. The number of rotatable bonds is 5. The number of hydrogen-bond acceptors (Lipinski definition) is 5. The van der Waals surface area contributed by atoms with E-state index in [-0.39, 0.29) is 23.1 Å². The van der Waals surface area contributed by atoms with Crippen LogP contribution >= 0.6 is 23.5 Å². The Kier molecular flexibility index (Phi) is 4.50. The second-order valence-corrected chi connectivity index (χ2v) is 5.25. The summed E-state index contributed by atoms with van der Waals surface area (Å²) in [5.41, 5.74) is 0.644. The molecular weight excluding hydrogens is 286 g/mol. The monoisotopic (exact) mass is 299 g/mol. The van der Waals surface area contributed by atoms with Gasteiger partial charge in [-0.1, -0.05) is 30.5 Å². The lowest BCUT2D eigenvalue weighted by atomic mass is 10.1. The van der Waals surface area contributed by atoms with E-state index >= 15 is 0 Å². The third kappa shape index (κ3) is 3.11. The summed E-state index contributed by atoms with van der Waals surface area (Å²) < 4.78 is 8.31. The number of furan rings is 1. The molecule has 102 valence electrons. The zero-order chi connectivity index (χ0) is 13.8. The summed E-state index contributed by atoms with van der Waals surface area (Å²) in [6, 6.07) is 6.80. The van der Waals surface area contributed by atoms with Gasteiger partial charge in [0.2, 0.25) is 17.4 Å². The second kappa shape index (κ2) is 6.12. The van der Waals surface area contributed by atoms with Crippen molar-refractivity contribution >= 4 is 29.4 Å². The molecule has 2 rings (SSSR count). The van der Waals surface area contributed by atoms with Crippen LogP contribution in [0.3, 0.4) is 0 Å². The Morgan fingerprint density at radius 1 is 1.21 bits per heavy atom. The first-order valence-electron chi connectivity index (χ1n) is 5.82. The molecule has 1 heterocycles. The van der Waals surface area contributed by atoms with Crippen LogP contribution < -0.4 is 4.72 Å². The van der Waals surface area contributed by atoms with Crippen LogP contribution in [0.5, 0.6) is 11.5 Å². The van der Waals surface area contributed by atoms with Crippen LogP contribution in [0.2, 0.25) is 5.02 Å². The zero-order valence-corrected chi connectivity index (χ0v) is 11.9. The highest BCUT2D eigenvalue weighted by atomic mass is 35.5. The SMILES string of the molecule is CCCSNc1oc(-c2ccc(Cl)cc2)c(O)c1O. The number of nitrogens with one attached hydrogen (secondary N) is 1. The maximum atomic E-state index is 9.87. The molecule has 1 aromatic heterocycles. The van der Waals surface area contributed by atoms with Crippen molar-refractivity contribution in [3.63, 3.8) is 0 Å². The zero-order valence-electron chi connectivity index (χ0n) is 10.3. The summed E-state index contributed by atoms with van der Waals surface area (Å²) >= 11 is 7.21. The normalized spacial score (nSPS) is 10.6. The van der Waals surface area contributed by atoms with Gasteiger partial charge in [-0.3, -0.25) is 4.72 Å². The molecule has 4 nitrogen and oxygen atoms in total. The molecule has 0 unspecified atom stereocenters. The van der Waals surface area contributed by atoms with E-state index in [1.54, 1.807) is 24.3 Å². The van der Waals surface area contributed by atoms with Gasteiger partial charge in [-0.05, 0) is 30.7 Å². The number of halogens is 1.